The molecule has 3 nitrogen and oxygen atoms in total. The van der Waals surface area contributed by atoms with E-state index < -0.39 is 11.8 Å². The summed E-state index contributed by atoms with van der Waals surface area (Å²) in [5.41, 5.74) is 0.371. The van der Waals surface area contributed by atoms with Crippen LogP contribution in [0.3, 0.4) is 0 Å². The minimum Gasteiger partial charge on any atom is -0.469 e. The van der Waals surface area contributed by atoms with Gasteiger partial charge in [-0.05, 0) is 17.7 Å². The van der Waals surface area contributed by atoms with Gasteiger partial charge in [0.05, 0.1) is 24.1 Å². The number of hydrogen-bond donors (Lipinski definition) is 0. The maximum absolute atomic E-state index is 13.1. The summed E-state index contributed by atoms with van der Waals surface area (Å²) in [6, 6.07) is 4.22. The van der Waals surface area contributed by atoms with E-state index in [4.69, 9.17) is 16.9 Å². The monoisotopic (exact) mass is 227 g/mol. The highest BCUT2D eigenvalue weighted by Crippen LogP contribution is 2.21. The van der Waals surface area contributed by atoms with Crippen LogP contribution in [0, 0.1) is 17.1 Å². The molecule has 0 aliphatic rings. The van der Waals surface area contributed by atoms with Crippen molar-refractivity contribution in [2.75, 3.05) is 7.11 Å². The molecule has 15 heavy (non-hydrogen) atoms. The summed E-state index contributed by atoms with van der Waals surface area (Å²) in [4.78, 5) is 10.9. The molecule has 0 spiro atoms. The molecule has 0 bridgehead atoms. The second kappa shape index (κ2) is 4.76. The van der Waals surface area contributed by atoms with Crippen LogP contribution in [0.25, 0.3) is 0 Å². The molecule has 0 N–H and O–H groups in total. The second-order valence-corrected chi connectivity index (χ2v) is 3.18. The summed E-state index contributed by atoms with van der Waals surface area (Å²) < 4.78 is 17.6. The number of methoxy groups -OCH3 is 1. The number of carbonyl (C=O) groups is 1. The van der Waals surface area contributed by atoms with Crippen molar-refractivity contribution in [3.8, 4) is 6.07 Å². The minimum atomic E-state index is -0.713. The van der Waals surface area contributed by atoms with Crippen molar-refractivity contribution in [3.05, 3.63) is 34.1 Å². The first-order valence-electron chi connectivity index (χ1n) is 4.03. The molecule has 0 saturated carbocycles. The fraction of sp³-hybridized carbons (Fsp3) is 0.200. The topological polar surface area (TPSA) is 50.1 Å². The summed E-state index contributed by atoms with van der Waals surface area (Å²) in [6.07, 6.45) is -0.0841. The van der Waals surface area contributed by atoms with E-state index >= 15 is 0 Å². The summed E-state index contributed by atoms with van der Waals surface area (Å²) >= 11 is 5.52. The maximum atomic E-state index is 13.1. The molecular formula is C10H7ClFNO2. The Labute approximate surface area is 91.0 Å². The average Bonchev–Trinajstić information content (AvgIpc) is 2.22. The fourth-order valence-corrected chi connectivity index (χ4v) is 1.22. The molecule has 0 aliphatic carbocycles. The Hall–Kier alpha value is -1.60. The van der Waals surface area contributed by atoms with Gasteiger partial charge >= 0.3 is 5.97 Å². The van der Waals surface area contributed by atoms with Gasteiger partial charge < -0.3 is 4.74 Å². The van der Waals surface area contributed by atoms with E-state index in [1.54, 1.807) is 6.07 Å². The molecule has 1 rings (SSSR count). The zero-order chi connectivity index (χ0) is 11.4. The molecule has 78 valence electrons. The van der Waals surface area contributed by atoms with E-state index in [0.29, 0.717) is 5.56 Å². The molecular weight excluding hydrogens is 221 g/mol. The normalized spacial score (nSPS) is 9.47. The smallest absolute Gasteiger partial charge is 0.309 e. The lowest BCUT2D eigenvalue weighted by Gasteiger charge is -2.03. The third-order valence-corrected chi connectivity index (χ3v) is 2.17. The molecule has 0 aromatic heterocycles. The highest BCUT2D eigenvalue weighted by atomic mass is 35.5. The van der Waals surface area contributed by atoms with Crippen molar-refractivity contribution < 1.29 is 13.9 Å². The lowest BCUT2D eigenvalue weighted by molar-refractivity contribution is -0.139. The van der Waals surface area contributed by atoms with Gasteiger partial charge in [-0.3, -0.25) is 4.79 Å². The first-order valence-corrected chi connectivity index (χ1v) is 4.41. The highest BCUT2D eigenvalue weighted by molar-refractivity contribution is 6.31. The quantitative estimate of drug-likeness (QED) is 0.727. The van der Waals surface area contributed by atoms with E-state index in [9.17, 15) is 9.18 Å². The average molecular weight is 228 g/mol. The molecule has 0 heterocycles. The molecule has 0 atom stereocenters. The van der Waals surface area contributed by atoms with Crippen LogP contribution in [0.4, 0.5) is 4.39 Å². The van der Waals surface area contributed by atoms with Crippen LogP contribution in [0.5, 0.6) is 0 Å². The number of esters is 1. The van der Waals surface area contributed by atoms with Gasteiger partial charge in [0.1, 0.15) is 11.9 Å². The van der Waals surface area contributed by atoms with Gasteiger partial charge in [0.2, 0.25) is 0 Å². The summed E-state index contributed by atoms with van der Waals surface area (Å²) in [5.74, 6) is -1.21. The Morgan fingerprint density at radius 3 is 2.87 bits per heavy atom. The van der Waals surface area contributed by atoms with Gasteiger partial charge in [-0.1, -0.05) is 11.6 Å². The van der Waals surface area contributed by atoms with E-state index in [1.807, 2.05) is 0 Å². The molecule has 0 aliphatic heterocycles. The van der Waals surface area contributed by atoms with Crippen LogP contribution in [-0.2, 0) is 16.0 Å². The first-order chi connectivity index (χ1) is 7.08. The largest absolute Gasteiger partial charge is 0.469 e. The predicted octanol–water partition coefficient (Wildman–Crippen LogP) is 2.07. The van der Waals surface area contributed by atoms with Crippen molar-refractivity contribution in [2.24, 2.45) is 0 Å². The third-order valence-electron chi connectivity index (χ3n) is 1.78. The molecule has 0 fully saturated rings. The summed E-state index contributed by atoms with van der Waals surface area (Å²) in [5, 5.41) is 8.41. The molecule has 0 radical (unpaired) electrons. The second-order valence-electron chi connectivity index (χ2n) is 2.80. The zero-order valence-corrected chi connectivity index (χ0v) is 8.64. The molecule has 1 aromatic carbocycles. The Bertz CT molecular complexity index is 440. The fourth-order valence-electron chi connectivity index (χ4n) is 1.07. The van der Waals surface area contributed by atoms with Crippen LogP contribution < -0.4 is 0 Å². The molecule has 5 heteroatoms. The standard InChI is InChI=1S/C10H7ClFNO2/c1-15-9(14)4-6-2-7(5-13)10(11)8(12)3-6/h2-3H,4H2,1H3. The van der Waals surface area contributed by atoms with Crippen molar-refractivity contribution in [1.82, 2.24) is 0 Å². The molecule has 0 amide bonds. The Morgan fingerprint density at radius 1 is 1.67 bits per heavy atom. The van der Waals surface area contributed by atoms with E-state index in [0.717, 1.165) is 6.07 Å². The SMILES string of the molecule is COC(=O)Cc1cc(F)c(Cl)c(C#N)c1. The zero-order valence-electron chi connectivity index (χ0n) is 7.88. The van der Waals surface area contributed by atoms with Crippen LogP contribution in [0.1, 0.15) is 11.1 Å². The van der Waals surface area contributed by atoms with Crippen LogP contribution in [0.2, 0.25) is 5.02 Å². The number of halogens is 2. The lowest BCUT2D eigenvalue weighted by atomic mass is 10.1. The Balaban J connectivity index is 3.07. The van der Waals surface area contributed by atoms with Gasteiger partial charge in [-0.2, -0.15) is 5.26 Å². The minimum absolute atomic E-state index is 0.00979. The van der Waals surface area contributed by atoms with Gasteiger partial charge in [0.25, 0.3) is 0 Å². The van der Waals surface area contributed by atoms with Crippen LogP contribution in [-0.4, -0.2) is 13.1 Å². The predicted molar refractivity (Wildman–Crippen MR) is 51.8 cm³/mol. The van der Waals surface area contributed by atoms with Gasteiger partial charge in [0.15, 0.2) is 0 Å². The van der Waals surface area contributed by atoms with Crippen molar-refractivity contribution in [2.45, 2.75) is 6.42 Å². The van der Waals surface area contributed by atoms with Gasteiger partial charge in [0, 0.05) is 0 Å². The van der Waals surface area contributed by atoms with E-state index in [-0.39, 0.29) is 17.0 Å². The first kappa shape index (κ1) is 11.5. The van der Waals surface area contributed by atoms with E-state index in [2.05, 4.69) is 4.74 Å². The van der Waals surface area contributed by atoms with Gasteiger partial charge in [-0.15, -0.1) is 0 Å². The van der Waals surface area contributed by atoms with Gasteiger partial charge in [-0.25, -0.2) is 4.39 Å². The number of ether oxygens (including phenoxy) is 1. The number of rotatable bonds is 2. The summed E-state index contributed by atoms with van der Waals surface area (Å²) in [7, 11) is 1.24. The number of carbonyl (C=O) groups excluding carboxylic acids is 1. The Morgan fingerprint density at radius 2 is 2.33 bits per heavy atom. The molecule has 0 unspecified atom stereocenters. The van der Waals surface area contributed by atoms with Crippen molar-refractivity contribution in [3.63, 3.8) is 0 Å². The third kappa shape index (κ3) is 2.67. The number of benzene rings is 1. The van der Waals surface area contributed by atoms with Crippen molar-refractivity contribution >= 4 is 17.6 Å². The molecule has 1 aromatic rings. The summed E-state index contributed by atoms with van der Waals surface area (Å²) in [6.45, 7) is 0. The van der Waals surface area contributed by atoms with Crippen molar-refractivity contribution in [1.29, 1.82) is 5.26 Å². The highest BCUT2D eigenvalue weighted by Gasteiger charge is 2.11. The number of nitrogens with zero attached hydrogens (tertiary/aromatic N) is 1. The van der Waals surface area contributed by atoms with Crippen LogP contribution >= 0.6 is 11.6 Å². The maximum Gasteiger partial charge on any atom is 0.309 e. The number of hydrogen-bond acceptors (Lipinski definition) is 3. The molecule has 0 saturated heterocycles. The van der Waals surface area contributed by atoms with E-state index in [1.165, 1.54) is 13.2 Å². The van der Waals surface area contributed by atoms with Crippen LogP contribution in [0.15, 0.2) is 12.1 Å². The lowest BCUT2D eigenvalue weighted by Crippen LogP contribution is -2.05. The Kier molecular flexibility index (Phi) is 3.64. The number of nitriles is 1.